The van der Waals surface area contributed by atoms with Crippen LogP contribution in [0.15, 0.2) is 0 Å². The molecule has 0 aliphatic carbocycles. The zero-order valence-corrected chi connectivity index (χ0v) is 11.4. The van der Waals surface area contributed by atoms with Crippen LogP contribution in [0.2, 0.25) is 0 Å². The van der Waals surface area contributed by atoms with Crippen molar-refractivity contribution in [3.63, 3.8) is 0 Å². The predicted octanol–water partition coefficient (Wildman–Crippen LogP) is 0.503. The average molecular weight is 231 g/mol. The van der Waals surface area contributed by atoms with E-state index in [0.29, 0.717) is 0 Å². The third-order valence-corrected chi connectivity index (χ3v) is 8.64. The lowest BCUT2D eigenvalue weighted by molar-refractivity contribution is 0.183. The summed E-state index contributed by atoms with van der Waals surface area (Å²) in [4.78, 5) is 2.59. The van der Waals surface area contributed by atoms with Gasteiger partial charge in [0, 0.05) is 60.4 Å². The van der Waals surface area contributed by atoms with Crippen LogP contribution in [0, 0.1) is 0 Å². The van der Waals surface area contributed by atoms with E-state index in [1.54, 1.807) is 0 Å². The largest absolute Gasteiger partial charge is 0.299 e. The van der Waals surface area contributed by atoms with E-state index in [1.807, 2.05) is 0 Å². The second-order valence-corrected chi connectivity index (χ2v) is 8.64. The van der Waals surface area contributed by atoms with Crippen molar-refractivity contribution in [1.29, 1.82) is 0 Å². The lowest BCUT2D eigenvalue weighted by atomic mass is 10.4. The van der Waals surface area contributed by atoms with E-state index in [-0.39, 0.29) is 0 Å². The van der Waals surface area contributed by atoms with E-state index >= 15 is 0 Å². The summed E-state index contributed by atoms with van der Waals surface area (Å²) in [7, 11) is 5.67. The van der Waals surface area contributed by atoms with Crippen LogP contribution in [0.5, 0.6) is 0 Å². The molecule has 0 radical (unpaired) electrons. The predicted molar refractivity (Wildman–Crippen MR) is 67.2 cm³/mol. The summed E-state index contributed by atoms with van der Waals surface area (Å²) in [5, 5.41) is 0. The fraction of sp³-hybridized carbons (Fsp3) is 1.00. The van der Waals surface area contributed by atoms with Crippen LogP contribution in [0.4, 0.5) is 0 Å². The fourth-order valence-electron chi connectivity index (χ4n) is 2.54. The molecule has 0 atom stereocenters. The lowest BCUT2D eigenvalue weighted by Gasteiger charge is -2.47. The van der Waals surface area contributed by atoms with Gasteiger partial charge in [0.05, 0.1) is 6.66 Å². The molecule has 0 saturated carbocycles. The minimum Gasteiger partial charge on any atom is -0.299 e. The maximum Gasteiger partial charge on any atom is 0.223 e. The molecule has 3 heterocycles. The van der Waals surface area contributed by atoms with E-state index in [9.17, 15) is 0 Å². The molecule has 0 aromatic rings. The molecule has 0 N–H and O–H groups in total. The van der Waals surface area contributed by atoms with E-state index in [0.717, 1.165) is 0 Å². The Morgan fingerprint density at radius 2 is 1.00 bits per heavy atom. The first-order chi connectivity index (χ1) is 7.05. The second kappa shape index (κ2) is 4.27. The summed E-state index contributed by atoms with van der Waals surface area (Å²) in [5.41, 5.74) is 0. The van der Waals surface area contributed by atoms with Crippen molar-refractivity contribution in [3.05, 3.63) is 0 Å². The fourth-order valence-corrected chi connectivity index (χ4v) is 5.51. The third-order valence-electron chi connectivity index (χ3n) is 4.16. The number of nitrogens with zero attached hydrogens (tertiary/aromatic N) is 4. The van der Waals surface area contributed by atoms with E-state index in [2.05, 4.69) is 46.7 Å². The summed E-state index contributed by atoms with van der Waals surface area (Å²) in [6, 6.07) is 0. The Morgan fingerprint density at radius 3 is 1.33 bits per heavy atom. The summed E-state index contributed by atoms with van der Waals surface area (Å²) in [6.07, 6.45) is 0. The van der Waals surface area contributed by atoms with Gasteiger partial charge in [-0.1, -0.05) is 0 Å². The molecule has 0 unspecified atom stereocenters. The highest BCUT2D eigenvalue weighted by Gasteiger charge is 2.49. The summed E-state index contributed by atoms with van der Waals surface area (Å²) in [5.74, 6) is 0. The van der Waals surface area contributed by atoms with Gasteiger partial charge >= 0.3 is 0 Å². The number of fused-ring (bicyclic) bond motifs is 6. The Balaban J connectivity index is 2.29. The van der Waals surface area contributed by atoms with E-state index in [4.69, 9.17) is 0 Å². The Hall–Kier alpha value is 0.270. The monoisotopic (exact) mass is 231 g/mol. The van der Waals surface area contributed by atoms with Gasteiger partial charge < -0.3 is 0 Å². The molecule has 15 heavy (non-hydrogen) atoms. The standard InChI is InChI=1S/C10H24N4P/c1-11-5-8-14-9-6-12(2)15(11,4)13(3)7-10-14/h5-10H2,1-4H3/q+1. The van der Waals surface area contributed by atoms with Crippen molar-refractivity contribution in [2.45, 2.75) is 0 Å². The van der Waals surface area contributed by atoms with Crippen LogP contribution >= 0.6 is 7.71 Å². The smallest absolute Gasteiger partial charge is 0.223 e. The molecular weight excluding hydrogens is 207 g/mol. The van der Waals surface area contributed by atoms with Crippen molar-refractivity contribution >= 4 is 7.71 Å². The molecule has 3 saturated heterocycles. The number of rotatable bonds is 0. The summed E-state index contributed by atoms with van der Waals surface area (Å²) < 4.78 is 7.74. The van der Waals surface area contributed by atoms with Gasteiger partial charge in [0.1, 0.15) is 0 Å². The zero-order valence-electron chi connectivity index (χ0n) is 10.5. The maximum absolute atomic E-state index is 2.59. The SMILES string of the molecule is CN1CCN2CCN(C)[P+]1(C)N(C)CC2. The van der Waals surface area contributed by atoms with Crippen molar-refractivity contribution in [3.8, 4) is 0 Å². The van der Waals surface area contributed by atoms with Crippen LogP contribution in [-0.2, 0) is 0 Å². The topological polar surface area (TPSA) is 13.0 Å². The molecule has 2 bridgehead atoms. The first kappa shape index (κ1) is 11.7. The van der Waals surface area contributed by atoms with Gasteiger partial charge in [0.2, 0.25) is 7.71 Å². The van der Waals surface area contributed by atoms with Crippen LogP contribution in [0.3, 0.4) is 0 Å². The molecule has 3 fully saturated rings. The summed E-state index contributed by atoms with van der Waals surface area (Å²) >= 11 is 0. The Kier molecular flexibility index (Phi) is 3.34. The quantitative estimate of drug-likeness (QED) is 0.563. The number of likely N-dealkylation sites (N-methyl/N-ethyl adjacent to an activating group) is 3. The van der Waals surface area contributed by atoms with Crippen molar-refractivity contribution < 1.29 is 0 Å². The molecule has 0 amide bonds. The third kappa shape index (κ3) is 1.94. The molecule has 0 aromatic heterocycles. The highest BCUT2D eigenvalue weighted by molar-refractivity contribution is 7.68. The van der Waals surface area contributed by atoms with Crippen molar-refractivity contribution in [2.75, 3.05) is 67.1 Å². The van der Waals surface area contributed by atoms with Crippen LogP contribution in [0.1, 0.15) is 0 Å². The Bertz CT molecular complexity index is 199. The van der Waals surface area contributed by atoms with Gasteiger partial charge in [-0.05, 0) is 0 Å². The van der Waals surface area contributed by atoms with Crippen LogP contribution in [-0.4, -0.2) is 86.0 Å². The molecule has 3 rings (SSSR count). The van der Waals surface area contributed by atoms with Crippen LogP contribution in [0.25, 0.3) is 0 Å². The first-order valence-corrected chi connectivity index (χ1v) is 7.88. The Labute approximate surface area is 94.3 Å². The molecule has 88 valence electrons. The maximum atomic E-state index is 2.59. The highest BCUT2D eigenvalue weighted by atomic mass is 31.2. The minimum atomic E-state index is -1.20. The average Bonchev–Trinajstić information content (AvgIpc) is 2.22. The van der Waals surface area contributed by atoms with Gasteiger partial charge in [0.15, 0.2) is 0 Å². The van der Waals surface area contributed by atoms with E-state index < -0.39 is 7.71 Å². The first-order valence-electron chi connectivity index (χ1n) is 5.79. The molecule has 4 nitrogen and oxygen atoms in total. The summed E-state index contributed by atoms with van der Waals surface area (Å²) in [6.45, 7) is 9.81. The highest BCUT2D eigenvalue weighted by Crippen LogP contribution is 2.62. The van der Waals surface area contributed by atoms with E-state index in [1.165, 1.54) is 39.3 Å². The van der Waals surface area contributed by atoms with Gasteiger partial charge in [-0.2, -0.15) is 14.0 Å². The number of hydrogen-bond acceptors (Lipinski definition) is 4. The molecular formula is C10H24N4P+. The van der Waals surface area contributed by atoms with Gasteiger partial charge in [-0.25, -0.2) is 0 Å². The molecule has 3 aliphatic rings. The molecule has 0 spiro atoms. The normalized spacial score (nSPS) is 41.2. The lowest BCUT2D eigenvalue weighted by Crippen LogP contribution is -2.53. The van der Waals surface area contributed by atoms with Gasteiger partial charge in [-0.15, -0.1) is 0 Å². The second-order valence-electron chi connectivity index (χ2n) is 4.85. The van der Waals surface area contributed by atoms with Crippen LogP contribution < -0.4 is 0 Å². The van der Waals surface area contributed by atoms with Crippen molar-refractivity contribution in [1.82, 2.24) is 18.9 Å². The molecule has 0 aromatic carbocycles. The number of hydrogen-bond donors (Lipinski definition) is 0. The van der Waals surface area contributed by atoms with Crippen molar-refractivity contribution in [2.24, 2.45) is 0 Å². The zero-order chi connectivity index (χ0) is 11.1. The molecule has 5 heteroatoms. The Morgan fingerprint density at radius 1 is 0.667 bits per heavy atom. The minimum absolute atomic E-state index is 1.20. The van der Waals surface area contributed by atoms with Gasteiger partial charge in [0.25, 0.3) is 0 Å². The molecule has 3 aliphatic heterocycles. The van der Waals surface area contributed by atoms with Gasteiger partial charge in [-0.3, -0.25) is 4.90 Å².